The number of nitrogens with zero attached hydrogens (tertiary/aromatic N) is 2. The van der Waals surface area contributed by atoms with Crippen LogP contribution >= 0.6 is 0 Å². The molecule has 1 aliphatic heterocycles. The predicted octanol–water partition coefficient (Wildman–Crippen LogP) is 4.62. The van der Waals surface area contributed by atoms with Gasteiger partial charge in [-0.1, -0.05) is 54.6 Å². The summed E-state index contributed by atoms with van der Waals surface area (Å²) >= 11 is 0. The second kappa shape index (κ2) is 6.54. The molecule has 0 radical (unpaired) electrons. The highest BCUT2D eigenvalue weighted by Crippen LogP contribution is 2.32. The minimum Gasteiger partial charge on any atom is -0.340 e. The van der Waals surface area contributed by atoms with Crippen molar-refractivity contribution in [2.75, 3.05) is 6.54 Å². The quantitative estimate of drug-likeness (QED) is 0.583. The fraction of sp³-hybridized carbons (Fsp3) is 0.217. The van der Waals surface area contributed by atoms with Gasteiger partial charge >= 0.3 is 0 Å². The molecule has 27 heavy (non-hydrogen) atoms. The Balaban J connectivity index is 1.39. The van der Waals surface area contributed by atoms with Gasteiger partial charge in [0.2, 0.25) is 5.91 Å². The van der Waals surface area contributed by atoms with E-state index < -0.39 is 0 Å². The van der Waals surface area contributed by atoms with Gasteiger partial charge in [0, 0.05) is 6.54 Å². The maximum absolute atomic E-state index is 13.0. The Labute approximate surface area is 157 Å². The number of aromatic nitrogens is 2. The summed E-state index contributed by atoms with van der Waals surface area (Å²) in [6.07, 6.45) is 2.41. The average molecular weight is 355 g/mol. The summed E-state index contributed by atoms with van der Waals surface area (Å²) in [5.74, 6) is 1.08. The summed E-state index contributed by atoms with van der Waals surface area (Å²) < 4.78 is 0. The number of benzene rings is 3. The van der Waals surface area contributed by atoms with E-state index in [0.717, 1.165) is 41.8 Å². The third kappa shape index (κ3) is 2.97. The molecule has 1 unspecified atom stereocenters. The van der Waals surface area contributed by atoms with Gasteiger partial charge < -0.3 is 9.88 Å². The van der Waals surface area contributed by atoms with Crippen LogP contribution in [-0.4, -0.2) is 27.3 Å². The highest BCUT2D eigenvalue weighted by Gasteiger charge is 2.31. The molecular weight excluding hydrogens is 334 g/mol. The molecule has 1 N–H and O–H groups in total. The Morgan fingerprint density at radius 3 is 2.74 bits per heavy atom. The topological polar surface area (TPSA) is 49.0 Å². The molecule has 1 saturated heterocycles. The Kier molecular flexibility index (Phi) is 3.89. The van der Waals surface area contributed by atoms with Crippen LogP contribution in [-0.2, 0) is 11.2 Å². The van der Waals surface area contributed by atoms with Crippen molar-refractivity contribution in [1.29, 1.82) is 0 Å². The molecule has 3 aromatic carbocycles. The highest BCUT2D eigenvalue weighted by atomic mass is 16.2. The molecule has 1 amide bonds. The van der Waals surface area contributed by atoms with Gasteiger partial charge in [0.1, 0.15) is 5.82 Å². The lowest BCUT2D eigenvalue weighted by Crippen LogP contribution is -2.32. The number of carbonyl (C=O) groups is 1. The molecule has 1 aromatic heterocycles. The maximum atomic E-state index is 13.0. The normalized spacial score (nSPS) is 17.0. The van der Waals surface area contributed by atoms with E-state index in [2.05, 4.69) is 35.3 Å². The molecule has 0 spiro atoms. The van der Waals surface area contributed by atoms with Gasteiger partial charge in [0.15, 0.2) is 0 Å². The molecule has 134 valence electrons. The zero-order valence-corrected chi connectivity index (χ0v) is 15.1. The summed E-state index contributed by atoms with van der Waals surface area (Å²) in [6, 6.07) is 22.6. The second-order valence-corrected chi connectivity index (χ2v) is 7.24. The third-order valence-corrected chi connectivity index (χ3v) is 5.47. The number of rotatable bonds is 3. The van der Waals surface area contributed by atoms with E-state index in [1.165, 1.54) is 10.8 Å². The van der Waals surface area contributed by atoms with Crippen molar-refractivity contribution >= 4 is 27.7 Å². The zero-order chi connectivity index (χ0) is 18.2. The first-order valence-corrected chi connectivity index (χ1v) is 9.50. The summed E-state index contributed by atoms with van der Waals surface area (Å²) in [5.41, 5.74) is 3.05. The number of fused-ring (bicyclic) bond motifs is 2. The molecule has 0 bridgehead atoms. The summed E-state index contributed by atoms with van der Waals surface area (Å²) in [6.45, 7) is 0.800. The van der Waals surface area contributed by atoms with Gasteiger partial charge in [-0.2, -0.15) is 0 Å². The molecule has 5 rings (SSSR count). The number of likely N-dealkylation sites (tertiary alicyclic amines) is 1. The minimum absolute atomic E-state index is 0.0466. The number of imidazole rings is 1. The van der Waals surface area contributed by atoms with Gasteiger partial charge in [0.25, 0.3) is 0 Å². The van der Waals surface area contributed by atoms with Crippen LogP contribution in [0.1, 0.15) is 30.3 Å². The first-order chi connectivity index (χ1) is 13.3. The lowest BCUT2D eigenvalue weighted by atomic mass is 10.0. The average Bonchev–Trinajstić information content (AvgIpc) is 3.34. The van der Waals surface area contributed by atoms with Crippen LogP contribution in [0.3, 0.4) is 0 Å². The molecule has 0 aliphatic carbocycles. The molecule has 2 heterocycles. The van der Waals surface area contributed by atoms with E-state index in [9.17, 15) is 4.79 Å². The van der Waals surface area contributed by atoms with E-state index in [4.69, 9.17) is 4.98 Å². The molecule has 4 aromatic rings. The smallest absolute Gasteiger partial charge is 0.227 e. The van der Waals surface area contributed by atoms with Crippen LogP contribution in [0.25, 0.3) is 21.8 Å². The van der Waals surface area contributed by atoms with Crippen LogP contribution in [0.5, 0.6) is 0 Å². The maximum Gasteiger partial charge on any atom is 0.227 e. The van der Waals surface area contributed by atoms with Crippen LogP contribution in [0.4, 0.5) is 0 Å². The summed E-state index contributed by atoms with van der Waals surface area (Å²) in [4.78, 5) is 23.2. The van der Waals surface area contributed by atoms with Crippen molar-refractivity contribution in [2.45, 2.75) is 25.3 Å². The van der Waals surface area contributed by atoms with Crippen LogP contribution < -0.4 is 0 Å². The molecule has 1 fully saturated rings. The molecule has 0 saturated carbocycles. The highest BCUT2D eigenvalue weighted by molar-refractivity contribution is 5.85. The fourth-order valence-corrected chi connectivity index (χ4v) is 4.10. The zero-order valence-electron chi connectivity index (χ0n) is 15.1. The van der Waals surface area contributed by atoms with E-state index in [1.54, 1.807) is 0 Å². The Morgan fingerprint density at radius 1 is 1.04 bits per heavy atom. The fourth-order valence-electron chi connectivity index (χ4n) is 4.10. The molecular formula is C23H21N3O. The number of aromatic amines is 1. The van der Waals surface area contributed by atoms with Crippen molar-refractivity contribution in [2.24, 2.45) is 0 Å². The first kappa shape index (κ1) is 16.1. The van der Waals surface area contributed by atoms with Gasteiger partial charge in [-0.15, -0.1) is 0 Å². The molecule has 1 atom stereocenters. The van der Waals surface area contributed by atoms with Crippen molar-refractivity contribution < 1.29 is 4.79 Å². The summed E-state index contributed by atoms with van der Waals surface area (Å²) in [7, 11) is 0. The van der Waals surface area contributed by atoms with E-state index in [0.29, 0.717) is 6.42 Å². The monoisotopic (exact) mass is 355 g/mol. The molecule has 4 heteroatoms. The lowest BCUT2D eigenvalue weighted by Gasteiger charge is -2.23. The molecule has 1 aliphatic rings. The van der Waals surface area contributed by atoms with Crippen LogP contribution in [0, 0.1) is 0 Å². The van der Waals surface area contributed by atoms with Gasteiger partial charge in [-0.25, -0.2) is 4.98 Å². The largest absolute Gasteiger partial charge is 0.340 e. The van der Waals surface area contributed by atoms with Crippen molar-refractivity contribution in [1.82, 2.24) is 14.9 Å². The SMILES string of the molecule is O=C(Cc1ccc2ccccc2c1)N1CCCC1c1nc2ccccc2[nH]1. The van der Waals surface area contributed by atoms with Crippen molar-refractivity contribution in [3.05, 3.63) is 78.1 Å². The van der Waals surface area contributed by atoms with Crippen molar-refractivity contribution in [3.8, 4) is 0 Å². The van der Waals surface area contributed by atoms with E-state index in [-0.39, 0.29) is 11.9 Å². The first-order valence-electron chi connectivity index (χ1n) is 9.50. The van der Waals surface area contributed by atoms with Gasteiger partial charge in [-0.05, 0) is 41.3 Å². The number of hydrogen-bond acceptors (Lipinski definition) is 2. The number of H-pyrrole nitrogens is 1. The number of carbonyl (C=O) groups excluding carboxylic acids is 1. The lowest BCUT2D eigenvalue weighted by molar-refractivity contribution is -0.131. The third-order valence-electron chi connectivity index (χ3n) is 5.47. The standard InChI is InChI=1S/C23H21N3O/c27-22(15-16-11-12-17-6-1-2-7-18(17)14-16)26-13-5-10-21(26)23-24-19-8-3-4-9-20(19)25-23/h1-4,6-9,11-12,14,21H,5,10,13,15H2,(H,24,25). The Hall–Kier alpha value is -3.14. The van der Waals surface area contributed by atoms with E-state index >= 15 is 0 Å². The molecule has 4 nitrogen and oxygen atoms in total. The van der Waals surface area contributed by atoms with Gasteiger partial charge in [-0.3, -0.25) is 4.79 Å². The number of nitrogens with one attached hydrogen (secondary N) is 1. The number of amides is 1. The Morgan fingerprint density at radius 2 is 1.85 bits per heavy atom. The van der Waals surface area contributed by atoms with Crippen LogP contribution in [0.15, 0.2) is 66.7 Å². The minimum atomic E-state index is 0.0466. The van der Waals surface area contributed by atoms with E-state index in [1.807, 2.05) is 41.3 Å². The number of para-hydroxylation sites is 2. The summed E-state index contributed by atoms with van der Waals surface area (Å²) in [5, 5.41) is 2.38. The van der Waals surface area contributed by atoms with Crippen LogP contribution in [0.2, 0.25) is 0 Å². The second-order valence-electron chi connectivity index (χ2n) is 7.24. The van der Waals surface area contributed by atoms with Gasteiger partial charge in [0.05, 0.1) is 23.5 Å². The Bertz CT molecular complexity index is 1100. The number of hydrogen-bond donors (Lipinski definition) is 1. The predicted molar refractivity (Wildman–Crippen MR) is 107 cm³/mol. The van der Waals surface area contributed by atoms with Crippen molar-refractivity contribution in [3.63, 3.8) is 0 Å².